The molecule has 0 saturated carbocycles. The zero-order chi connectivity index (χ0) is 22.0. The normalized spacial score (nSPS) is 15.0. The van der Waals surface area contributed by atoms with Gasteiger partial charge in [-0.05, 0) is 42.0 Å². The number of fused-ring (bicyclic) bond motifs is 1. The molecule has 1 aliphatic heterocycles. The molecule has 2 aromatic carbocycles. The van der Waals surface area contributed by atoms with Crippen molar-refractivity contribution in [2.45, 2.75) is 0 Å². The van der Waals surface area contributed by atoms with Gasteiger partial charge in [-0.25, -0.2) is 4.98 Å². The Bertz CT molecular complexity index is 1200. The smallest absolute Gasteiger partial charge is 0.266 e. The molecule has 0 aliphatic carbocycles. The van der Waals surface area contributed by atoms with E-state index in [0.717, 1.165) is 27.3 Å². The molecule has 1 fully saturated rings. The van der Waals surface area contributed by atoms with Gasteiger partial charge in [0.15, 0.2) is 5.13 Å². The topological polar surface area (TPSA) is 80.8 Å². The predicted molar refractivity (Wildman–Crippen MR) is 128 cm³/mol. The summed E-state index contributed by atoms with van der Waals surface area (Å²) in [5.41, 5.74) is 1.60. The summed E-state index contributed by atoms with van der Waals surface area (Å²) < 4.78 is 11.6. The van der Waals surface area contributed by atoms with Crippen LogP contribution in [0.15, 0.2) is 47.4 Å². The minimum Gasteiger partial charge on any atom is -0.497 e. The van der Waals surface area contributed by atoms with E-state index in [4.69, 9.17) is 21.7 Å². The number of carbonyl (C=O) groups excluding carboxylic acids is 2. The van der Waals surface area contributed by atoms with Crippen LogP contribution in [0, 0.1) is 0 Å². The van der Waals surface area contributed by atoms with E-state index < -0.39 is 0 Å². The molecule has 31 heavy (non-hydrogen) atoms. The molecule has 2 amide bonds. The van der Waals surface area contributed by atoms with Crippen LogP contribution in [0.25, 0.3) is 16.3 Å². The first kappa shape index (κ1) is 21.3. The van der Waals surface area contributed by atoms with E-state index >= 15 is 0 Å². The molecule has 7 nitrogen and oxygen atoms in total. The Kier molecular flexibility index (Phi) is 6.21. The van der Waals surface area contributed by atoms with Crippen LogP contribution in [0.5, 0.6) is 11.5 Å². The maximum atomic E-state index is 12.8. The van der Waals surface area contributed by atoms with Gasteiger partial charge in [0, 0.05) is 0 Å². The highest BCUT2D eigenvalue weighted by Crippen LogP contribution is 2.33. The van der Waals surface area contributed by atoms with Crippen LogP contribution in [0.1, 0.15) is 5.56 Å². The fraction of sp³-hybridized carbons (Fsp3) is 0.143. The average molecular weight is 472 g/mol. The number of hydrogen-bond donors (Lipinski definition) is 1. The Balaban J connectivity index is 1.43. The number of benzene rings is 2. The molecular weight excluding hydrogens is 454 g/mol. The van der Waals surface area contributed by atoms with E-state index in [1.165, 1.54) is 28.0 Å². The van der Waals surface area contributed by atoms with Gasteiger partial charge in [-0.15, -0.1) is 0 Å². The molecule has 0 spiro atoms. The second-order valence-corrected chi connectivity index (χ2v) is 9.15. The lowest BCUT2D eigenvalue weighted by Crippen LogP contribution is -2.36. The molecule has 1 aliphatic rings. The number of nitrogens with zero attached hydrogens (tertiary/aromatic N) is 2. The number of rotatable bonds is 6. The third-order valence-electron chi connectivity index (χ3n) is 4.43. The molecule has 10 heteroatoms. The van der Waals surface area contributed by atoms with Crippen LogP contribution in [-0.4, -0.2) is 46.8 Å². The number of hydrogen-bond acceptors (Lipinski definition) is 8. The van der Waals surface area contributed by atoms with Gasteiger partial charge in [-0.1, -0.05) is 47.4 Å². The molecule has 0 atom stereocenters. The molecule has 4 rings (SSSR count). The van der Waals surface area contributed by atoms with Crippen molar-refractivity contribution in [2.75, 3.05) is 26.1 Å². The van der Waals surface area contributed by atoms with Crippen LogP contribution in [0.2, 0.25) is 0 Å². The maximum Gasteiger partial charge on any atom is 0.266 e. The molecule has 0 radical (unpaired) electrons. The minimum atomic E-state index is -0.368. The van der Waals surface area contributed by atoms with Gasteiger partial charge in [-0.3, -0.25) is 14.5 Å². The summed E-state index contributed by atoms with van der Waals surface area (Å²) in [6.07, 6.45) is 1.75. The van der Waals surface area contributed by atoms with Crippen LogP contribution in [0.3, 0.4) is 0 Å². The van der Waals surface area contributed by atoms with Crippen LogP contribution in [0.4, 0.5) is 5.13 Å². The largest absolute Gasteiger partial charge is 0.497 e. The second kappa shape index (κ2) is 9.04. The molecule has 3 aromatic rings. The first-order valence-corrected chi connectivity index (χ1v) is 11.1. The highest BCUT2D eigenvalue weighted by Gasteiger charge is 2.33. The number of nitrogens with one attached hydrogen (secondary N) is 1. The first-order valence-electron chi connectivity index (χ1n) is 9.10. The number of methoxy groups -OCH3 is 2. The van der Waals surface area contributed by atoms with Crippen molar-refractivity contribution in [3.63, 3.8) is 0 Å². The molecule has 1 saturated heterocycles. The van der Waals surface area contributed by atoms with E-state index in [1.54, 1.807) is 20.3 Å². The molecule has 1 aromatic heterocycles. The Morgan fingerprint density at radius 1 is 1.16 bits per heavy atom. The fourth-order valence-electron chi connectivity index (χ4n) is 2.88. The third kappa shape index (κ3) is 4.71. The molecule has 1 N–H and O–H groups in total. The molecular formula is C21H17N3O4S3. The number of thiazole rings is 1. The molecule has 0 bridgehead atoms. The summed E-state index contributed by atoms with van der Waals surface area (Å²) >= 11 is 7.82. The van der Waals surface area contributed by atoms with Gasteiger partial charge in [0.2, 0.25) is 5.91 Å². The highest BCUT2D eigenvalue weighted by atomic mass is 32.2. The first-order chi connectivity index (χ1) is 15.0. The van der Waals surface area contributed by atoms with Crippen molar-refractivity contribution in [3.05, 3.63) is 52.9 Å². The summed E-state index contributed by atoms with van der Waals surface area (Å²) in [4.78, 5) is 31.4. The quantitative estimate of drug-likeness (QED) is 0.427. The number of aromatic nitrogens is 1. The Morgan fingerprint density at radius 2 is 1.87 bits per heavy atom. The van der Waals surface area contributed by atoms with E-state index in [9.17, 15) is 9.59 Å². The minimum absolute atomic E-state index is 0.177. The highest BCUT2D eigenvalue weighted by molar-refractivity contribution is 8.26. The maximum absolute atomic E-state index is 12.8. The van der Waals surface area contributed by atoms with E-state index in [-0.39, 0.29) is 18.4 Å². The summed E-state index contributed by atoms with van der Waals surface area (Å²) in [7, 11) is 3.19. The lowest BCUT2D eigenvalue weighted by atomic mass is 10.2. The zero-order valence-electron chi connectivity index (χ0n) is 16.6. The SMILES string of the molecule is COc1ccc(/C=C2\SC(=S)N(CC(=O)Nc3nc4ccc(OC)cc4s3)C2=O)cc1. The van der Waals surface area contributed by atoms with Crippen molar-refractivity contribution in [1.29, 1.82) is 0 Å². The summed E-state index contributed by atoms with van der Waals surface area (Å²) in [5, 5.41) is 3.20. The van der Waals surface area contributed by atoms with Gasteiger partial charge in [0.05, 0.1) is 29.3 Å². The number of thiocarbonyl (C=S) groups is 1. The summed E-state index contributed by atoms with van der Waals surface area (Å²) in [6, 6.07) is 12.8. The Morgan fingerprint density at radius 3 is 2.58 bits per heavy atom. The number of thioether (sulfide) groups is 1. The summed E-state index contributed by atoms with van der Waals surface area (Å²) in [5.74, 6) is 0.785. The fourth-order valence-corrected chi connectivity index (χ4v) is 5.04. The van der Waals surface area contributed by atoms with E-state index in [2.05, 4.69) is 10.3 Å². The number of amides is 2. The van der Waals surface area contributed by atoms with Crippen molar-refractivity contribution >= 4 is 72.9 Å². The Labute approximate surface area is 192 Å². The van der Waals surface area contributed by atoms with E-state index in [1.807, 2.05) is 42.5 Å². The lowest BCUT2D eigenvalue weighted by Gasteiger charge is -2.13. The number of ether oxygens (including phenoxy) is 2. The van der Waals surface area contributed by atoms with Gasteiger partial charge in [0.1, 0.15) is 22.4 Å². The van der Waals surface area contributed by atoms with Crippen LogP contribution in [-0.2, 0) is 9.59 Å². The van der Waals surface area contributed by atoms with Crippen molar-refractivity contribution < 1.29 is 19.1 Å². The predicted octanol–water partition coefficient (Wildman–Crippen LogP) is 4.15. The van der Waals surface area contributed by atoms with Crippen LogP contribution < -0.4 is 14.8 Å². The van der Waals surface area contributed by atoms with Crippen molar-refractivity contribution in [3.8, 4) is 11.5 Å². The molecule has 2 heterocycles. The molecule has 0 unspecified atom stereocenters. The van der Waals surface area contributed by atoms with Gasteiger partial charge < -0.3 is 14.8 Å². The third-order valence-corrected chi connectivity index (χ3v) is 6.74. The van der Waals surface area contributed by atoms with Crippen molar-refractivity contribution in [1.82, 2.24) is 9.88 Å². The number of anilines is 1. The zero-order valence-corrected chi connectivity index (χ0v) is 19.0. The van der Waals surface area contributed by atoms with Gasteiger partial charge in [-0.2, -0.15) is 0 Å². The van der Waals surface area contributed by atoms with E-state index in [0.29, 0.717) is 14.4 Å². The van der Waals surface area contributed by atoms with Gasteiger partial charge in [0.25, 0.3) is 5.91 Å². The monoisotopic (exact) mass is 471 g/mol. The molecule has 158 valence electrons. The number of carbonyl (C=O) groups is 2. The van der Waals surface area contributed by atoms with Gasteiger partial charge >= 0.3 is 0 Å². The second-order valence-electron chi connectivity index (χ2n) is 6.44. The summed E-state index contributed by atoms with van der Waals surface area (Å²) in [6.45, 7) is -0.177. The van der Waals surface area contributed by atoms with Crippen molar-refractivity contribution in [2.24, 2.45) is 0 Å². The lowest BCUT2D eigenvalue weighted by molar-refractivity contribution is -0.126. The standard InChI is InChI=1S/C21H17N3O4S3/c1-27-13-5-3-12(4-6-13)9-17-19(26)24(21(29)31-17)11-18(25)23-20-22-15-8-7-14(28-2)10-16(15)30-20/h3-10H,11H2,1-2H3,(H,22,23,25)/b17-9-. The average Bonchev–Trinajstić information content (AvgIpc) is 3.28. The van der Waals surface area contributed by atoms with Crippen LogP contribution >= 0.6 is 35.3 Å². The Hall–Kier alpha value is -2.95.